The first-order chi connectivity index (χ1) is 12.0. The number of ether oxygens (including phenoxy) is 2. The number of amides is 2. The molecule has 0 fully saturated rings. The van der Waals surface area contributed by atoms with Crippen molar-refractivity contribution in [3.63, 3.8) is 0 Å². The van der Waals surface area contributed by atoms with Crippen molar-refractivity contribution in [3.8, 4) is 11.5 Å². The first-order valence-electron chi connectivity index (χ1n) is 7.44. The van der Waals surface area contributed by atoms with Gasteiger partial charge in [-0.3, -0.25) is 20.4 Å². The highest BCUT2D eigenvalue weighted by atomic mass is 35.5. The van der Waals surface area contributed by atoms with Gasteiger partial charge in [0.15, 0.2) is 11.5 Å². The zero-order valence-corrected chi connectivity index (χ0v) is 14.4. The van der Waals surface area contributed by atoms with Crippen molar-refractivity contribution in [3.05, 3.63) is 58.1 Å². The van der Waals surface area contributed by atoms with Gasteiger partial charge < -0.3 is 9.47 Å². The van der Waals surface area contributed by atoms with Gasteiger partial charge in [0.1, 0.15) is 6.61 Å². The molecular formula is C17H14Cl2N2O4. The molecule has 3 rings (SSSR count). The number of carbonyl (C=O) groups excluding carboxylic acids is 2. The summed E-state index contributed by atoms with van der Waals surface area (Å²) in [5.41, 5.74) is 5.12. The second-order valence-electron chi connectivity index (χ2n) is 5.28. The lowest BCUT2D eigenvalue weighted by molar-refractivity contribution is -0.134. The van der Waals surface area contributed by atoms with Crippen LogP contribution in [-0.2, 0) is 16.0 Å². The number of fused-ring (bicyclic) bond motifs is 1. The average Bonchev–Trinajstić information content (AvgIpc) is 2.62. The van der Waals surface area contributed by atoms with Gasteiger partial charge in [-0.15, -0.1) is 0 Å². The molecule has 1 aliphatic heterocycles. The molecule has 1 heterocycles. The van der Waals surface area contributed by atoms with Gasteiger partial charge in [-0.2, -0.15) is 0 Å². The number of hydrazine groups is 1. The molecule has 6 nitrogen and oxygen atoms in total. The number of carbonyl (C=O) groups is 2. The quantitative estimate of drug-likeness (QED) is 0.802. The molecule has 0 spiro atoms. The molecule has 2 N–H and O–H groups in total. The maximum atomic E-state index is 12.1. The highest BCUT2D eigenvalue weighted by Gasteiger charge is 2.27. The van der Waals surface area contributed by atoms with E-state index in [9.17, 15) is 9.59 Å². The van der Waals surface area contributed by atoms with Crippen LogP contribution in [0.3, 0.4) is 0 Å². The molecule has 0 saturated heterocycles. The van der Waals surface area contributed by atoms with Crippen LogP contribution in [0.1, 0.15) is 5.56 Å². The lowest BCUT2D eigenvalue weighted by Gasteiger charge is -2.25. The molecule has 0 radical (unpaired) electrons. The largest absolute Gasteiger partial charge is 0.485 e. The molecule has 2 aromatic rings. The molecule has 2 amide bonds. The van der Waals surface area contributed by atoms with Gasteiger partial charge in [-0.05, 0) is 29.8 Å². The van der Waals surface area contributed by atoms with E-state index in [0.717, 1.165) is 0 Å². The number of rotatable bonds is 3. The Bertz CT molecular complexity index is 793. The van der Waals surface area contributed by atoms with E-state index in [-0.39, 0.29) is 13.0 Å². The van der Waals surface area contributed by atoms with Gasteiger partial charge >= 0.3 is 0 Å². The molecule has 0 aliphatic carbocycles. The zero-order valence-electron chi connectivity index (χ0n) is 12.9. The van der Waals surface area contributed by atoms with Crippen LogP contribution in [0.4, 0.5) is 0 Å². The van der Waals surface area contributed by atoms with Crippen molar-refractivity contribution in [2.24, 2.45) is 0 Å². The monoisotopic (exact) mass is 380 g/mol. The molecule has 1 atom stereocenters. The maximum Gasteiger partial charge on any atom is 0.283 e. The van der Waals surface area contributed by atoms with E-state index >= 15 is 0 Å². The second-order valence-corrected chi connectivity index (χ2v) is 6.09. The third-order valence-electron chi connectivity index (χ3n) is 3.53. The Balaban J connectivity index is 1.53. The fraction of sp³-hybridized carbons (Fsp3) is 0.176. The van der Waals surface area contributed by atoms with Gasteiger partial charge in [0.2, 0.25) is 12.0 Å². The van der Waals surface area contributed by atoms with E-state index in [1.54, 1.807) is 36.4 Å². The average molecular weight is 381 g/mol. The van der Waals surface area contributed by atoms with Crippen LogP contribution in [0.2, 0.25) is 10.0 Å². The molecular weight excluding hydrogens is 367 g/mol. The number of hydrogen-bond acceptors (Lipinski definition) is 4. The number of hydrogen-bond donors (Lipinski definition) is 2. The van der Waals surface area contributed by atoms with E-state index in [0.29, 0.717) is 27.1 Å². The summed E-state index contributed by atoms with van der Waals surface area (Å²) < 4.78 is 11.0. The number of nitrogens with one attached hydrogen (secondary N) is 2. The van der Waals surface area contributed by atoms with Gasteiger partial charge in [-0.25, -0.2) is 0 Å². The topological polar surface area (TPSA) is 76.7 Å². The Morgan fingerprint density at radius 1 is 1.00 bits per heavy atom. The van der Waals surface area contributed by atoms with Crippen LogP contribution in [0, 0.1) is 0 Å². The molecule has 25 heavy (non-hydrogen) atoms. The summed E-state index contributed by atoms with van der Waals surface area (Å²) in [6.07, 6.45) is -0.928. The third kappa shape index (κ3) is 4.15. The van der Waals surface area contributed by atoms with Crippen molar-refractivity contribution in [1.29, 1.82) is 0 Å². The van der Waals surface area contributed by atoms with Gasteiger partial charge in [0.05, 0.1) is 6.42 Å². The van der Waals surface area contributed by atoms with Crippen molar-refractivity contribution in [2.45, 2.75) is 12.5 Å². The van der Waals surface area contributed by atoms with Gasteiger partial charge in [0, 0.05) is 10.0 Å². The highest BCUT2D eigenvalue weighted by Crippen LogP contribution is 2.30. The Morgan fingerprint density at radius 2 is 1.68 bits per heavy atom. The lowest BCUT2D eigenvalue weighted by atomic mass is 10.1. The standard InChI is InChI=1S/C17H14Cl2N2O4/c18-11-4-3-5-12(19)10(11)8-16(22)20-21-17(23)15-9-24-13-6-1-2-7-14(13)25-15/h1-7,15H,8-9H2,(H,20,22)(H,21,23)/t15-/m1/s1. The summed E-state index contributed by atoms with van der Waals surface area (Å²) in [5.74, 6) is 0.0700. The van der Waals surface area contributed by atoms with Crippen LogP contribution in [0.15, 0.2) is 42.5 Å². The van der Waals surface area contributed by atoms with Gasteiger partial charge in [-0.1, -0.05) is 41.4 Å². The predicted molar refractivity (Wildman–Crippen MR) is 92.8 cm³/mol. The number of halogens is 2. The van der Waals surface area contributed by atoms with E-state index in [2.05, 4.69) is 10.9 Å². The van der Waals surface area contributed by atoms with Crippen LogP contribution < -0.4 is 20.3 Å². The van der Waals surface area contributed by atoms with E-state index < -0.39 is 17.9 Å². The van der Waals surface area contributed by atoms with E-state index in [1.807, 2.05) is 6.07 Å². The Morgan fingerprint density at radius 3 is 2.40 bits per heavy atom. The first-order valence-corrected chi connectivity index (χ1v) is 8.20. The minimum Gasteiger partial charge on any atom is -0.485 e. The summed E-state index contributed by atoms with van der Waals surface area (Å²) >= 11 is 12.0. The van der Waals surface area contributed by atoms with Crippen LogP contribution >= 0.6 is 23.2 Å². The highest BCUT2D eigenvalue weighted by molar-refractivity contribution is 6.36. The summed E-state index contributed by atoms with van der Waals surface area (Å²) in [4.78, 5) is 24.1. The van der Waals surface area contributed by atoms with Crippen molar-refractivity contribution in [2.75, 3.05) is 6.61 Å². The minimum absolute atomic E-state index is 0.0507. The summed E-state index contributed by atoms with van der Waals surface area (Å²) in [6.45, 7) is 0.0507. The molecule has 8 heteroatoms. The lowest BCUT2D eigenvalue weighted by Crippen LogP contribution is -2.51. The van der Waals surface area contributed by atoms with E-state index in [1.165, 1.54) is 0 Å². The van der Waals surface area contributed by atoms with Gasteiger partial charge in [0.25, 0.3) is 5.91 Å². The third-order valence-corrected chi connectivity index (χ3v) is 4.23. The molecule has 0 unspecified atom stereocenters. The number of para-hydroxylation sites is 2. The predicted octanol–water partition coefficient (Wildman–Crippen LogP) is 2.52. The molecule has 0 saturated carbocycles. The normalized spacial score (nSPS) is 15.4. The molecule has 1 aliphatic rings. The number of benzene rings is 2. The fourth-order valence-corrected chi connectivity index (χ4v) is 2.80. The SMILES string of the molecule is O=C(Cc1c(Cl)cccc1Cl)NNC(=O)[C@H]1COc2ccccc2O1. The summed E-state index contributed by atoms with van der Waals surface area (Å²) in [6, 6.07) is 12.0. The van der Waals surface area contributed by atoms with Crippen LogP contribution in [0.25, 0.3) is 0 Å². The van der Waals surface area contributed by atoms with Crippen molar-refractivity contribution >= 4 is 35.0 Å². The van der Waals surface area contributed by atoms with Crippen LogP contribution in [0.5, 0.6) is 11.5 Å². The van der Waals surface area contributed by atoms with E-state index in [4.69, 9.17) is 32.7 Å². The Hall–Kier alpha value is -2.44. The molecule has 2 aromatic carbocycles. The van der Waals surface area contributed by atoms with Crippen molar-refractivity contribution < 1.29 is 19.1 Å². The summed E-state index contributed by atoms with van der Waals surface area (Å²) in [7, 11) is 0. The Labute approximate surface area is 154 Å². The minimum atomic E-state index is -0.862. The second kappa shape index (κ2) is 7.63. The zero-order chi connectivity index (χ0) is 17.8. The molecule has 0 bridgehead atoms. The summed E-state index contributed by atoms with van der Waals surface area (Å²) in [5, 5.41) is 0.768. The first kappa shape index (κ1) is 17.4. The van der Waals surface area contributed by atoms with Crippen LogP contribution in [-0.4, -0.2) is 24.5 Å². The van der Waals surface area contributed by atoms with Crippen molar-refractivity contribution in [1.82, 2.24) is 10.9 Å². The smallest absolute Gasteiger partial charge is 0.283 e. The maximum absolute atomic E-state index is 12.1. The Kier molecular flexibility index (Phi) is 5.31. The molecule has 0 aromatic heterocycles. The fourth-order valence-electron chi connectivity index (χ4n) is 2.27. The molecule has 130 valence electrons.